The minimum absolute atomic E-state index is 0.0130. The number of nitrogens with zero attached hydrogens (tertiary/aromatic N) is 1. The van der Waals surface area contributed by atoms with Gasteiger partial charge in [-0.2, -0.15) is 0 Å². The second kappa shape index (κ2) is 6.49. The molecule has 0 saturated carbocycles. The van der Waals surface area contributed by atoms with Gasteiger partial charge in [-0.3, -0.25) is 4.79 Å². The van der Waals surface area contributed by atoms with Crippen LogP contribution in [0.15, 0.2) is 30.3 Å². The third-order valence-corrected chi connectivity index (χ3v) is 3.31. The summed E-state index contributed by atoms with van der Waals surface area (Å²) in [5, 5.41) is 9.11. The van der Waals surface area contributed by atoms with Crippen LogP contribution in [0.2, 0.25) is 0 Å². The first-order chi connectivity index (χ1) is 9.59. The van der Waals surface area contributed by atoms with Crippen LogP contribution in [-0.4, -0.2) is 53.7 Å². The number of morpholine rings is 1. The fourth-order valence-electron chi connectivity index (χ4n) is 2.24. The van der Waals surface area contributed by atoms with E-state index in [0.29, 0.717) is 13.0 Å². The average molecular weight is 278 g/mol. The predicted octanol–water partition coefficient (Wildman–Crippen LogP) is -0.132. The Morgan fingerprint density at radius 2 is 2.10 bits per heavy atom. The normalized spacial score (nSPS) is 20.4. The molecule has 3 N–H and O–H groups in total. The predicted molar refractivity (Wildman–Crippen MR) is 72.1 cm³/mol. The van der Waals surface area contributed by atoms with Gasteiger partial charge < -0.3 is 20.5 Å². The summed E-state index contributed by atoms with van der Waals surface area (Å²) >= 11 is 0. The van der Waals surface area contributed by atoms with Gasteiger partial charge in [-0.05, 0) is 12.0 Å². The summed E-state index contributed by atoms with van der Waals surface area (Å²) in [6.07, 6.45) is 0.392. The van der Waals surface area contributed by atoms with Crippen molar-refractivity contribution < 1.29 is 19.4 Å². The Kier molecular flexibility index (Phi) is 4.70. The first kappa shape index (κ1) is 14.5. The lowest BCUT2D eigenvalue weighted by molar-refractivity contribution is -0.158. The minimum Gasteiger partial charge on any atom is -0.480 e. The van der Waals surface area contributed by atoms with Crippen molar-refractivity contribution >= 4 is 11.9 Å². The van der Waals surface area contributed by atoms with E-state index >= 15 is 0 Å². The van der Waals surface area contributed by atoms with Crippen molar-refractivity contribution in [3.8, 4) is 0 Å². The maximum absolute atomic E-state index is 12.3. The molecule has 108 valence electrons. The Hall–Kier alpha value is -1.92. The zero-order chi connectivity index (χ0) is 14.5. The van der Waals surface area contributed by atoms with Crippen molar-refractivity contribution in [3.05, 3.63) is 35.9 Å². The van der Waals surface area contributed by atoms with Crippen LogP contribution in [0.3, 0.4) is 0 Å². The fourth-order valence-corrected chi connectivity index (χ4v) is 2.24. The lowest BCUT2D eigenvalue weighted by Crippen LogP contribution is -2.57. The van der Waals surface area contributed by atoms with Crippen molar-refractivity contribution in [1.82, 2.24) is 4.90 Å². The standard InChI is InChI=1S/C14H18N2O4/c15-11(8-10-4-2-1-3-5-10)13(17)16-6-7-20-9-12(16)14(18)19/h1-5,11-12H,6-9,15H2,(H,18,19)/t11-,12?/m1/s1. The van der Waals surface area contributed by atoms with E-state index in [2.05, 4.69) is 0 Å². The fraction of sp³-hybridized carbons (Fsp3) is 0.429. The summed E-state index contributed by atoms with van der Waals surface area (Å²) in [6.45, 7) is 0.616. The molecule has 6 nitrogen and oxygen atoms in total. The molecule has 1 amide bonds. The molecule has 0 bridgehead atoms. The van der Waals surface area contributed by atoms with Gasteiger partial charge in [0.2, 0.25) is 5.91 Å². The summed E-state index contributed by atoms with van der Waals surface area (Å²) in [7, 11) is 0. The molecule has 1 fully saturated rings. The lowest BCUT2D eigenvalue weighted by atomic mass is 10.0. The zero-order valence-electron chi connectivity index (χ0n) is 11.1. The molecule has 1 aromatic rings. The second-order valence-electron chi connectivity index (χ2n) is 4.76. The molecule has 0 aromatic heterocycles. The van der Waals surface area contributed by atoms with Gasteiger partial charge in [-0.1, -0.05) is 30.3 Å². The van der Waals surface area contributed by atoms with E-state index in [4.69, 9.17) is 15.6 Å². The summed E-state index contributed by atoms with van der Waals surface area (Å²) in [5.41, 5.74) is 6.87. The minimum atomic E-state index is -1.06. The smallest absolute Gasteiger partial charge is 0.328 e. The molecule has 0 radical (unpaired) electrons. The molecule has 2 rings (SSSR count). The molecule has 1 unspecified atom stereocenters. The molecule has 6 heteroatoms. The highest BCUT2D eigenvalue weighted by Gasteiger charge is 2.34. The molecular weight excluding hydrogens is 260 g/mol. The summed E-state index contributed by atoms with van der Waals surface area (Å²) in [6, 6.07) is 7.74. The Morgan fingerprint density at radius 3 is 2.75 bits per heavy atom. The van der Waals surface area contributed by atoms with Gasteiger partial charge in [-0.15, -0.1) is 0 Å². The number of nitrogens with two attached hydrogens (primary N) is 1. The van der Waals surface area contributed by atoms with Crippen LogP contribution in [0.4, 0.5) is 0 Å². The quantitative estimate of drug-likeness (QED) is 0.800. The van der Waals surface area contributed by atoms with Gasteiger partial charge in [0.15, 0.2) is 6.04 Å². The van der Waals surface area contributed by atoms with Crippen molar-refractivity contribution in [2.75, 3.05) is 19.8 Å². The third kappa shape index (κ3) is 3.34. The number of carboxylic acids is 1. The van der Waals surface area contributed by atoms with Gasteiger partial charge in [0, 0.05) is 6.54 Å². The Labute approximate surface area is 117 Å². The number of carbonyl (C=O) groups is 2. The number of carbonyl (C=O) groups excluding carboxylic acids is 1. The van der Waals surface area contributed by atoms with Crippen LogP contribution in [0.25, 0.3) is 0 Å². The number of benzene rings is 1. The van der Waals surface area contributed by atoms with E-state index in [1.54, 1.807) is 0 Å². The van der Waals surface area contributed by atoms with E-state index in [0.717, 1.165) is 5.56 Å². The van der Waals surface area contributed by atoms with Gasteiger partial charge in [0.05, 0.1) is 19.3 Å². The third-order valence-electron chi connectivity index (χ3n) is 3.31. The number of ether oxygens (including phenoxy) is 1. The second-order valence-corrected chi connectivity index (χ2v) is 4.76. The molecule has 0 aliphatic carbocycles. The van der Waals surface area contributed by atoms with Crippen LogP contribution >= 0.6 is 0 Å². The highest BCUT2D eigenvalue weighted by atomic mass is 16.5. The number of aliphatic carboxylic acids is 1. The summed E-state index contributed by atoms with van der Waals surface area (Å²) < 4.78 is 5.11. The van der Waals surface area contributed by atoms with Gasteiger partial charge in [0.25, 0.3) is 0 Å². The lowest BCUT2D eigenvalue weighted by Gasteiger charge is -2.34. The Bertz CT molecular complexity index is 477. The molecule has 1 aliphatic rings. The van der Waals surface area contributed by atoms with Gasteiger partial charge in [-0.25, -0.2) is 4.79 Å². The molecular formula is C14H18N2O4. The maximum atomic E-state index is 12.3. The topological polar surface area (TPSA) is 92.9 Å². The number of rotatable bonds is 4. The van der Waals surface area contributed by atoms with Crippen molar-refractivity contribution in [3.63, 3.8) is 0 Å². The Balaban J connectivity index is 2.03. The Morgan fingerprint density at radius 1 is 1.40 bits per heavy atom. The van der Waals surface area contributed by atoms with Crippen LogP contribution in [0, 0.1) is 0 Å². The molecule has 0 spiro atoms. The van der Waals surface area contributed by atoms with E-state index in [9.17, 15) is 9.59 Å². The van der Waals surface area contributed by atoms with Gasteiger partial charge >= 0.3 is 5.97 Å². The van der Waals surface area contributed by atoms with Crippen LogP contribution < -0.4 is 5.73 Å². The van der Waals surface area contributed by atoms with E-state index < -0.39 is 18.1 Å². The summed E-state index contributed by atoms with van der Waals surface area (Å²) in [5.74, 6) is -1.41. The maximum Gasteiger partial charge on any atom is 0.328 e. The van der Waals surface area contributed by atoms with Crippen LogP contribution in [-0.2, 0) is 20.7 Å². The molecule has 1 aliphatic heterocycles. The summed E-state index contributed by atoms with van der Waals surface area (Å²) in [4.78, 5) is 24.7. The average Bonchev–Trinajstić information content (AvgIpc) is 2.47. The highest BCUT2D eigenvalue weighted by molar-refractivity contribution is 5.87. The number of hydrogen-bond acceptors (Lipinski definition) is 4. The molecule has 1 aromatic carbocycles. The number of carboxylic acid groups (broad SMARTS) is 1. The highest BCUT2D eigenvalue weighted by Crippen LogP contribution is 2.11. The van der Waals surface area contributed by atoms with Crippen molar-refractivity contribution in [2.45, 2.75) is 18.5 Å². The number of amides is 1. The molecule has 20 heavy (non-hydrogen) atoms. The van der Waals surface area contributed by atoms with Crippen molar-refractivity contribution in [2.24, 2.45) is 5.73 Å². The van der Waals surface area contributed by atoms with Gasteiger partial charge in [0.1, 0.15) is 0 Å². The van der Waals surface area contributed by atoms with E-state index in [-0.39, 0.29) is 19.1 Å². The van der Waals surface area contributed by atoms with E-state index in [1.807, 2.05) is 30.3 Å². The molecule has 2 atom stereocenters. The molecule has 1 saturated heterocycles. The monoisotopic (exact) mass is 278 g/mol. The van der Waals surface area contributed by atoms with Crippen molar-refractivity contribution in [1.29, 1.82) is 0 Å². The number of hydrogen-bond donors (Lipinski definition) is 2. The van der Waals surface area contributed by atoms with Crippen LogP contribution in [0.5, 0.6) is 0 Å². The zero-order valence-corrected chi connectivity index (χ0v) is 11.1. The first-order valence-corrected chi connectivity index (χ1v) is 6.50. The van der Waals surface area contributed by atoms with Crippen LogP contribution in [0.1, 0.15) is 5.56 Å². The van der Waals surface area contributed by atoms with E-state index in [1.165, 1.54) is 4.90 Å². The largest absolute Gasteiger partial charge is 0.480 e. The first-order valence-electron chi connectivity index (χ1n) is 6.50. The molecule has 1 heterocycles. The SMILES string of the molecule is N[C@H](Cc1ccccc1)C(=O)N1CCOCC1C(=O)O.